The van der Waals surface area contributed by atoms with Gasteiger partial charge in [-0.25, -0.2) is 0 Å². The van der Waals surface area contributed by atoms with Crippen molar-refractivity contribution in [1.29, 1.82) is 0 Å². The van der Waals surface area contributed by atoms with Crippen molar-refractivity contribution in [2.75, 3.05) is 26.2 Å². The molecule has 0 bridgehead atoms. The Morgan fingerprint density at radius 1 is 1.57 bits per heavy atom. The fourth-order valence-corrected chi connectivity index (χ4v) is 1.52. The predicted octanol–water partition coefficient (Wildman–Crippen LogP) is -0.841. The minimum atomic E-state index is -0.00146. The highest BCUT2D eigenvalue weighted by Gasteiger charge is 2.17. The molecule has 1 rings (SSSR count). The van der Waals surface area contributed by atoms with Crippen molar-refractivity contribution in [1.82, 2.24) is 10.2 Å². The van der Waals surface area contributed by atoms with Crippen LogP contribution in [0.4, 0.5) is 0 Å². The van der Waals surface area contributed by atoms with Gasteiger partial charge in [0.15, 0.2) is 0 Å². The summed E-state index contributed by atoms with van der Waals surface area (Å²) in [7, 11) is 0. The molecule has 4 heteroatoms. The van der Waals surface area contributed by atoms with E-state index in [-0.39, 0.29) is 5.91 Å². The Labute approximate surface area is 84.8 Å². The fraction of sp³-hybridized carbons (Fsp3) is 0.700. The Balaban J connectivity index is 2.18. The molecule has 0 aromatic carbocycles. The van der Waals surface area contributed by atoms with E-state index in [1.807, 2.05) is 0 Å². The van der Waals surface area contributed by atoms with Crippen molar-refractivity contribution in [3.63, 3.8) is 0 Å². The van der Waals surface area contributed by atoms with Gasteiger partial charge in [-0.1, -0.05) is 5.92 Å². The van der Waals surface area contributed by atoms with Gasteiger partial charge in [-0.3, -0.25) is 9.69 Å². The van der Waals surface area contributed by atoms with Crippen LogP contribution in [0.15, 0.2) is 0 Å². The number of carbonyl (C=O) groups is 1. The number of amides is 1. The summed E-state index contributed by atoms with van der Waals surface area (Å²) in [6, 6.07) is 0.306. The van der Waals surface area contributed by atoms with Gasteiger partial charge < -0.3 is 11.1 Å². The standard InChI is InChI=1S/C10H17N3O/c1-2-5-12-10(14)8-13-6-3-9(11)4-7-13/h1,9H,3-8,11H2,(H,12,14). The van der Waals surface area contributed by atoms with E-state index in [0.29, 0.717) is 19.1 Å². The van der Waals surface area contributed by atoms with Crippen molar-refractivity contribution < 1.29 is 4.79 Å². The van der Waals surface area contributed by atoms with Crippen molar-refractivity contribution >= 4 is 5.91 Å². The summed E-state index contributed by atoms with van der Waals surface area (Å²) in [5.74, 6) is 2.37. The highest BCUT2D eigenvalue weighted by atomic mass is 16.2. The molecule has 0 aliphatic carbocycles. The summed E-state index contributed by atoms with van der Waals surface area (Å²) in [5.41, 5.74) is 5.75. The van der Waals surface area contributed by atoms with Gasteiger partial charge in [-0.2, -0.15) is 0 Å². The third kappa shape index (κ3) is 3.77. The first kappa shape index (κ1) is 11.0. The molecule has 4 nitrogen and oxygen atoms in total. The molecule has 0 unspecified atom stereocenters. The maximum absolute atomic E-state index is 11.3. The number of piperidine rings is 1. The number of carbonyl (C=O) groups excluding carboxylic acids is 1. The van der Waals surface area contributed by atoms with Gasteiger partial charge in [0.25, 0.3) is 0 Å². The van der Waals surface area contributed by atoms with E-state index in [0.717, 1.165) is 25.9 Å². The summed E-state index contributed by atoms with van der Waals surface area (Å²) >= 11 is 0. The molecule has 1 aliphatic heterocycles. The molecule has 1 saturated heterocycles. The highest BCUT2D eigenvalue weighted by molar-refractivity contribution is 5.78. The molecule has 1 fully saturated rings. The maximum Gasteiger partial charge on any atom is 0.234 e. The number of nitrogens with zero attached hydrogens (tertiary/aromatic N) is 1. The molecule has 0 saturated carbocycles. The zero-order chi connectivity index (χ0) is 10.4. The highest BCUT2D eigenvalue weighted by Crippen LogP contribution is 2.06. The number of nitrogens with one attached hydrogen (secondary N) is 1. The lowest BCUT2D eigenvalue weighted by Gasteiger charge is -2.29. The van der Waals surface area contributed by atoms with Gasteiger partial charge in [-0.15, -0.1) is 6.42 Å². The Morgan fingerprint density at radius 2 is 2.21 bits per heavy atom. The molecule has 78 valence electrons. The first-order valence-electron chi connectivity index (χ1n) is 4.90. The van der Waals surface area contributed by atoms with Crippen LogP contribution in [0.25, 0.3) is 0 Å². The Morgan fingerprint density at radius 3 is 2.79 bits per heavy atom. The second-order valence-corrected chi connectivity index (χ2v) is 3.59. The molecular weight excluding hydrogens is 178 g/mol. The molecular formula is C10H17N3O. The second kappa shape index (κ2) is 5.63. The van der Waals surface area contributed by atoms with E-state index >= 15 is 0 Å². The van der Waals surface area contributed by atoms with Crippen LogP contribution >= 0.6 is 0 Å². The van der Waals surface area contributed by atoms with E-state index in [2.05, 4.69) is 16.1 Å². The topological polar surface area (TPSA) is 58.4 Å². The van der Waals surface area contributed by atoms with E-state index in [1.54, 1.807) is 0 Å². The lowest BCUT2D eigenvalue weighted by Crippen LogP contribution is -2.44. The molecule has 0 aromatic heterocycles. The van der Waals surface area contributed by atoms with Crippen LogP contribution in [-0.4, -0.2) is 43.0 Å². The van der Waals surface area contributed by atoms with Crippen molar-refractivity contribution in [3.8, 4) is 12.3 Å². The predicted molar refractivity (Wildman–Crippen MR) is 55.5 cm³/mol. The third-order valence-corrected chi connectivity index (χ3v) is 2.39. The quantitative estimate of drug-likeness (QED) is 0.577. The maximum atomic E-state index is 11.3. The van der Waals surface area contributed by atoms with Crippen LogP contribution in [0.2, 0.25) is 0 Å². The van der Waals surface area contributed by atoms with Gasteiger partial charge in [0.2, 0.25) is 5.91 Å². The number of nitrogens with two attached hydrogens (primary N) is 1. The number of rotatable bonds is 3. The van der Waals surface area contributed by atoms with E-state index in [9.17, 15) is 4.79 Å². The summed E-state index contributed by atoms with van der Waals surface area (Å²) < 4.78 is 0. The largest absolute Gasteiger partial charge is 0.344 e. The fourth-order valence-electron chi connectivity index (χ4n) is 1.52. The summed E-state index contributed by atoms with van der Waals surface area (Å²) in [6.07, 6.45) is 6.98. The first-order chi connectivity index (χ1) is 6.72. The number of likely N-dealkylation sites (tertiary alicyclic amines) is 1. The molecule has 0 spiro atoms. The molecule has 1 heterocycles. The average Bonchev–Trinajstić information content (AvgIpc) is 2.18. The zero-order valence-corrected chi connectivity index (χ0v) is 8.33. The van der Waals surface area contributed by atoms with E-state index < -0.39 is 0 Å². The monoisotopic (exact) mass is 195 g/mol. The van der Waals surface area contributed by atoms with Crippen LogP contribution < -0.4 is 11.1 Å². The second-order valence-electron chi connectivity index (χ2n) is 3.59. The molecule has 3 N–H and O–H groups in total. The molecule has 1 amide bonds. The zero-order valence-electron chi connectivity index (χ0n) is 8.33. The van der Waals surface area contributed by atoms with Gasteiger partial charge in [0.1, 0.15) is 0 Å². The summed E-state index contributed by atoms with van der Waals surface area (Å²) in [4.78, 5) is 13.4. The van der Waals surface area contributed by atoms with Crippen LogP contribution in [0.3, 0.4) is 0 Å². The number of hydrogen-bond acceptors (Lipinski definition) is 3. The SMILES string of the molecule is C#CCNC(=O)CN1CCC(N)CC1. The van der Waals surface area contributed by atoms with Gasteiger partial charge >= 0.3 is 0 Å². The molecule has 1 aliphatic rings. The summed E-state index contributed by atoms with van der Waals surface area (Å²) in [6.45, 7) is 2.57. The number of hydrogen-bond donors (Lipinski definition) is 2. The average molecular weight is 195 g/mol. The normalized spacial score (nSPS) is 18.9. The van der Waals surface area contributed by atoms with Gasteiger partial charge in [0, 0.05) is 19.1 Å². The van der Waals surface area contributed by atoms with Crippen molar-refractivity contribution in [2.24, 2.45) is 5.73 Å². The molecule has 0 radical (unpaired) electrons. The van der Waals surface area contributed by atoms with E-state index in [1.165, 1.54) is 0 Å². The Bertz CT molecular complexity index is 226. The van der Waals surface area contributed by atoms with Crippen LogP contribution in [0, 0.1) is 12.3 Å². The van der Waals surface area contributed by atoms with Crippen LogP contribution in [0.5, 0.6) is 0 Å². The molecule has 0 atom stereocenters. The van der Waals surface area contributed by atoms with Crippen LogP contribution in [-0.2, 0) is 4.79 Å². The molecule has 14 heavy (non-hydrogen) atoms. The van der Waals surface area contributed by atoms with Crippen molar-refractivity contribution in [3.05, 3.63) is 0 Å². The lowest BCUT2D eigenvalue weighted by molar-refractivity contribution is -0.122. The number of terminal acetylenes is 1. The smallest absolute Gasteiger partial charge is 0.234 e. The van der Waals surface area contributed by atoms with Gasteiger partial charge in [0.05, 0.1) is 13.1 Å². The van der Waals surface area contributed by atoms with Crippen molar-refractivity contribution in [2.45, 2.75) is 18.9 Å². The lowest BCUT2D eigenvalue weighted by atomic mass is 10.1. The minimum Gasteiger partial charge on any atom is -0.344 e. The first-order valence-corrected chi connectivity index (χ1v) is 4.90. The Hall–Kier alpha value is -1.05. The third-order valence-electron chi connectivity index (χ3n) is 2.39. The summed E-state index contributed by atoms with van der Waals surface area (Å²) in [5, 5.41) is 2.64. The Kier molecular flexibility index (Phi) is 4.44. The molecule has 0 aromatic rings. The van der Waals surface area contributed by atoms with E-state index in [4.69, 9.17) is 12.2 Å². The minimum absolute atomic E-state index is 0.00146. The van der Waals surface area contributed by atoms with Gasteiger partial charge in [-0.05, 0) is 12.8 Å². The van der Waals surface area contributed by atoms with Crippen LogP contribution in [0.1, 0.15) is 12.8 Å².